The first-order valence-electron chi connectivity index (χ1n) is 6.96. The number of carbonyl (C=O) groups is 1. The largest absolute Gasteiger partial charge is 0.376 e. The Bertz CT molecular complexity index is 404. The molecule has 1 rings (SSSR count). The zero-order valence-electron chi connectivity index (χ0n) is 12.7. The second kappa shape index (κ2) is 6.60. The summed E-state index contributed by atoms with van der Waals surface area (Å²) in [5.74, 6) is 0.0363. The van der Waals surface area contributed by atoms with Crippen LogP contribution in [0.2, 0.25) is 0 Å². The van der Waals surface area contributed by atoms with Gasteiger partial charge in [0.25, 0.3) is 0 Å². The molecule has 106 valence electrons. The van der Waals surface area contributed by atoms with E-state index < -0.39 is 0 Å². The maximum Gasteiger partial charge on any atom is 0.239 e. The summed E-state index contributed by atoms with van der Waals surface area (Å²) in [6.45, 7) is 11.0. The standard InChI is InChI=1S/C16H26N2O/c1-6-12(2)18-15(19)11-17-14-9-7-13(8-10-14)16(3,4)5/h7-10,12,17H,6,11H2,1-5H3,(H,18,19). The SMILES string of the molecule is CCC(C)NC(=O)CNc1ccc(C(C)(C)C)cc1. The van der Waals surface area contributed by atoms with Crippen LogP contribution in [-0.4, -0.2) is 18.5 Å². The molecule has 0 aliphatic rings. The van der Waals surface area contributed by atoms with Crippen LogP contribution < -0.4 is 10.6 Å². The molecule has 0 fully saturated rings. The first-order valence-corrected chi connectivity index (χ1v) is 6.96. The molecule has 1 unspecified atom stereocenters. The van der Waals surface area contributed by atoms with Gasteiger partial charge in [-0.15, -0.1) is 0 Å². The van der Waals surface area contributed by atoms with Gasteiger partial charge in [-0.3, -0.25) is 4.79 Å². The Morgan fingerprint density at radius 2 is 1.79 bits per heavy atom. The topological polar surface area (TPSA) is 41.1 Å². The van der Waals surface area contributed by atoms with E-state index in [2.05, 4.69) is 50.5 Å². The van der Waals surface area contributed by atoms with Crippen molar-refractivity contribution in [1.82, 2.24) is 5.32 Å². The van der Waals surface area contributed by atoms with E-state index in [0.717, 1.165) is 12.1 Å². The lowest BCUT2D eigenvalue weighted by Crippen LogP contribution is -2.36. The van der Waals surface area contributed by atoms with Crippen molar-refractivity contribution in [3.63, 3.8) is 0 Å². The highest BCUT2D eigenvalue weighted by Gasteiger charge is 2.12. The monoisotopic (exact) mass is 262 g/mol. The second-order valence-corrected chi connectivity index (χ2v) is 6.06. The average Bonchev–Trinajstić information content (AvgIpc) is 2.35. The predicted octanol–water partition coefficient (Wildman–Crippen LogP) is 3.31. The van der Waals surface area contributed by atoms with Crippen LogP contribution in [0.4, 0.5) is 5.69 Å². The van der Waals surface area contributed by atoms with E-state index in [-0.39, 0.29) is 17.4 Å². The third kappa shape index (κ3) is 5.33. The molecule has 3 nitrogen and oxygen atoms in total. The van der Waals surface area contributed by atoms with Gasteiger partial charge in [0, 0.05) is 11.7 Å². The molecule has 0 saturated heterocycles. The van der Waals surface area contributed by atoms with E-state index in [4.69, 9.17) is 0 Å². The molecule has 0 radical (unpaired) electrons. The minimum Gasteiger partial charge on any atom is -0.376 e. The molecule has 0 heterocycles. The molecule has 0 bridgehead atoms. The molecule has 2 N–H and O–H groups in total. The highest BCUT2D eigenvalue weighted by molar-refractivity contribution is 5.80. The molecule has 1 atom stereocenters. The van der Waals surface area contributed by atoms with Crippen molar-refractivity contribution in [2.45, 2.75) is 52.5 Å². The maximum atomic E-state index is 11.6. The van der Waals surface area contributed by atoms with E-state index in [9.17, 15) is 4.79 Å². The zero-order valence-corrected chi connectivity index (χ0v) is 12.7. The van der Waals surface area contributed by atoms with Crippen molar-refractivity contribution in [3.05, 3.63) is 29.8 Å². The van der Waals surface area contributed by atoms with Crippen LogP contribution in [0.15, 0.2) is 24.3 Å². The quantitative estimate of drug-likeness (QED) is 0.854. The Morgan fingerprint density at radius 3 is 2.26 bits per heavy atom. The number of carbonyl (C=O) groups excluding carboxylic acids is 1. The van der Waals surface area contributed by atoms with Crippen molar-refractivity contribution in [2.75, 3.05) is 11.9 Å². The van der Waals surface area contributed by atoms with Crippen LogP contribution in [0.3, 0.4) is 0 Å². The lowest BCUT2D eigenvalue weighted by Gasteiger charge is -2.19. The van der Waals surface area contributed by atoms with Crippen LogP contribution in [0.1, 0.15) is 46.6 Å². The number of benzene rings is 1. The summed E-state index contributed by atoms with van der Waals surface area (Å²) in [6, 6.07) is 8.50. The molecule has 3 heteroatoms. The molecule has 1 amide bonds. The number of rotatable bonds is 5. The van der Waals surface area contributed by atoms with Gasteiger partial charge in [0.05, 0.1) is 6.54 Å². The zero-order chi connectivity index (χ0) is 14.5. The highest BCUT2D eigenvalue weighted by Crippen LogP contribution is 2.23. The lowest BCUT2D eigenvalue weighted by atomic mass is 9.87. The van der Waals surface area contributed by atoms with Crippen LogP contribution in [0, 0.1) is 0 Å². The summed E-state index contributed by atoms with van der Waals surface area (Å²) in [5, 5.41) is 6.07. The number of hydrogen-bond donors (Lipinski definition) is 2. The van der Waals surface area contributed by atoms with E-state index in [0.29, 0.717) is 6.54 Å². The molecule has 0 spiro atoms. The van der Waals surface area contributed by atoms with E-state index in [1.54, 1.807) is 0 Å². The van der Waals surface area contributed by atoms with Crippen LogP contribution in [0.25, 0.3) is 0 Å². The second-order valence-electron chi connectivity index (χ2n) is 6.06. The van der Waals surface area contributed by atoms with Gasteiger partial charge >= 0.3 is 0 Å². The fourth-order valence-corrected chi connectivity index (χ4v) is 1.70. The fraction of sp³-hybridized carbons (Fsp3) is 0.562. The van der Waals surface area contributed by atoms with Crippen LogP contribution in [-0.2, 0) is 10.2 Å². The average molecular weight is 262 g/mol. The summed E-state index contributed by atoms with van der Waals surface area (Å²) in [7, 11) is 0. The van der Waals surface area contributed by atoms with Crippen molar-refractivity contribution >= 4 is 11.6 Å². The van der Waals surface area contributed by atoms with Gasteiger partial charge in [-0.1, -0.05) is 39.8 Å². The van der Waals surface area contributed by atoms with E-state index in [1.807, 2.05) is 19.1 Å². The highest BCUT2D eigenvalue weighted by atomic mass is 16.1. The van der Waals surface area contributed by atoms with Gasteiger partial charge in [-0.2, -0.15) is 0 Å². The summed E-state index contributed by atoms with van der Waals surface area (Å²) in [5.41, 5.74) is 2.43. The normalized spacial score (nSPS) is 12.9. The molecule has 0 aromatic heterocycles. The smallest absolute Gasteiger partial charge is 0.239 e. The van der Waals surface area contributed by atoms with E-state index >= 15 is 0 Å². The van der Waals surface area contributed by atoms with Gasteiger partial charge in [-0.05, 0) is 36.5 Å². The third-order valence-corrected chi connectivity index (χ3v) is 3.22. The third-order valence-electron chi connectivity index (χ3n) is 3.22. The van der Waals surface area contributed by atoms with Crippen molar-refractivity contribution < 1.29 is 4.79 Å². The Kier molecular flexibility index (Phi) is 5.40. The predicted molar refractivity (Wildman–Crippen MR) is 81.5 cm³/mol. The first-order chi connectivity index (χ1) is 8.82. The molecule has 0 aliphatic heterocycles. The Hall–Kier alpha value is -1.51. The number of hydrogen-bond acceptors (Lipinski definition) is 2. The number of amides is 1. The summed E-state index contributed by atoms with van der Waals surface area (Å²) in [6.07, 6.45) is 0.950. The molecule has 0 saturated carbocycles. The van der Waals surface area contributed by atoms with Gasteiger partial charge < -0.3 is 10.6 Å². The summed E-state index contributed by atoms with van der Waals surface area (Å²) in [4.78, 5) is 11.6. The van der Waals surface area contributed by atoms with Gasteiger partial charge in [0.15, 0.2) is 0 Å². The molecule has 0 aliphatic carbocycles. The molecule has 1 aromatic rings. The maximum absolute atomic E-state index is 11.6. The van der Waals surface area contributed by atoms with Gasteiger partial charge in [-0.25, -0.2) is 0 Å². The van der Waals surface area contributed by atoms with Crippen LogP contribution in [0.5, 0.6) is 0 Å². The Morgan fingerprint density at radius 1 is 1.21 bits per heavy atom. The lowest BCUT2D eigenvalue weighted by molar-refractivity contribution is -0.120. The molecular formula is C16H26N2O. The van der Waals surface area contributed by atoms with Crippen molar-refractivity contribution in [3.8, 4) is 0 Å². The Balaban J connectivity index is 2.48. The van der Waals surface area contributed by atoms with Gasteiger partial charge in [0.2, 0.25) is 5.91 Å². The van der Waals surface area contributed by atoms with Crippen molar-refractivity contribution in [2.24, 2.45) is 0 Å². The molecule has 19 heavy (non-hydrogen) atoms. The molecular weight excluding hydrogens is 236 g/mol. The summed E-state index contributed by atoms with van der Waals surface area (Å²) < 4.78 is 0. The molecule has 1 aromatic carbocycles. The first kappa shape index (κ1) is 15.5. The van der Waals surface area contributed by atoms with Crippen LogP contribution >= 0.6 is 0 Å². The Labute approximate surface area is 116 Å². The van der Waals surface area contributed by atoms with E-state index in [1.165, 1.54) is 5.56 Å². The van der Waals surface area contributed by atoms with Gasteiger partial charge in [0.1, 0.15) is 0 Å². The number of nitrogens with one attached hydrogen (secondary N) is 2. The van der Waals surface area contributed by atoms with Crippen molar-refractivity contribution in [1.29, 1.82) is 0 Å². The fourth-order valence-electron chi connectivity index (χ4n) is 1.70. The summed E-state index contributed by atoms with van der Waals surface area (Å²) >= 11 is 0. The minimum atomic E-state index is 0.0363. The minimum absolute atomic E-state index is 0.0363. The number of anilines is 1.